The van der Waals surface area contributed by atoms with Crippen molar-refractivity contribution in [2.24, 2.45) is 0 Å². The molecule has 0 saturated heterocycles. The second kappa shape index (κ2) is 5.12. The fraction of sp³-hybridized carbons (Fsp3) is 0.467. The lowest BCUT2D eigenvalue weighted by Gasteiger charge is -2.17. The number of nitrogens with zero attached hydrogens (tertiary/aromatic N) is 1. The van der Waals surface area contributed by atoms with E-state index in [1.54, 1.807) is 0 Å². The zero-order chi connectivity index (χ0) is 13.2. The Morgan fingerprint density at radius 3 is 2.72 bits per heavy atom. The molecule has 0 aliphatic carbocycles. The molecule has 0 radical (unpaired) electrons. The molecule has 18 heavy (non-hydrogen) atoms. The normalized spacial score (nSPS) is 12.2. The molecule has 0 atom stereocenters. The van der Waals surface area contributed by atoms with Gasteiger partial charge < -0.3 is 15.0 Å². The first-order valence-electron chi connectivity index (χ1n) is 6.44. The molecular formula is C15H22N2O. The van der Waals surface area contributed by atoms with E-state index < -0.39 is 5.60 Å². The molecule has 0 aliphatic heterocycles. The maximum Gasteiger partial charge on any atom is 0.0608 e. The van der Waals surface area contributed by atoms with Crippen molar-refractivity contribution in [1.82, 2.24) is 9.88 Å². The molecule has 0 unspecified atom stereocenters. The molecule has 0 spiro atoms. The van der Waals surface area contributed by atoms with Gasteiger partial charge in [-0.25, -0.2) is 0 Å². The van der Waals surface area contributed by atoms with Gasteiger partial charge in [0, 0.05) is 24.8 Å². The molecule has 0 saturated carbocycles. The topological polar surface area (TPSA) is 37.2 Å². The molecule has 98 valence electrons. The summed E-state index contributed by atoms with van der Waals surface area (Å²) < 4.78 is 2.21. The van der Waals surface area contributed by atoms with Crippen LogP contribution in [0.2, 0.25) is 0 Å². The van der Waals surface area contributed by atoms with E-state index in [2.05, 4.69) is 40.3 Å². The molecule has 1 aromatic carbocycles. The zero-order valence-electron chi connectivity index (χ0n) is 11.4. The predicted octanol–water partition coefficient (Wildman–Crippen LogP) is 2.52. The molecule has 2 N–H and O–H groups in total. The van der Waals surface area contributed by atoms with E-state index >= 15 is 0 Å². The summed E-state index contributed by atoms with van der Waals surface area (Å²) >= 11 is 0. The highest BCUT2D eigenvalue weighted by molar-refractivity contribution is 5.80. The van der Waals surface area contributed by atoms with Crippen molar-refractivity contribution < 1.29 is 5.11 Å². The molecule has 1 aromatic heterocycles. The van der Waals surface area contributed by atoms with Crippen LogP contribution >= 0.6 is 0 Å². The zero-order valence-corrected chi connectivity index (χ0v) is 11.4. The van der Waals surface area contributed by atoms with Gasteiger partial charge in [-0.15, -0.1) is 0 Å². The van der Waals surface area contributed by atoms with Crippen LogP contribution in [0, 0.1) is 0 Å². The Hall–Kier alpha value is -1.32. The van der Waals surface area contributed by atoms with E-state index in [4.69, 9.17) is 0 Å². The third-order valence-corrected chi connectivity index (χ3v) is 3.18. The summed E-state index contributed by atoms with van der Waals surface area (Å²) in [4.78, 5) is 0. The fourth-order valence-electron chi connectivity index (χ4n) is 2.13. The van der Waals surface area contributed by atoms with Crippen molar-refractivity contribution in [1.29, 1.82) is 0 Å². The van der Waals surface area contributed by atoms with Crippen LogP contribution in [0.25, 0.3) is 10.9 Å². The SMILES string of the molecule is CNCc1ccc2ccn(CCC(C)(C)O)c2c1. The first-order valence-corrected chi connectivity index (χ1v) is 6.44. The van der Waals surface area contributed by atoms with Gasteiger partial charge in [-0.1, -0.05) is 12.1 Å². The molecule has 0 bridgehead atoms. The third kappa shape index (κ3) is 3.12. The predicted molar refractivity (Wildman–Crippen MR) is 75.6 cm³/mol. The summed E-state index contributed by atoms with van der Waals surface area (Å²) in [7, 11) is 1.96. The van der Waals surface area contributed by atoms with E-state index in [0.717, 1.165) is 19.5 Å². The van der Waals surface area contributed by atoms with Crippen molar-refractivity contribution in [3.05, 3.63) is 36.0 Å². The Balaban J connectivity index is 2.25. The van der Waals surface area contributed by atoms with Crippen molar-refractivity contribution >= 4 is 10.9 Å². The quantitative estimate of drug-likeness (QED) is 0.850. The standard InChI is InChI=1S/C15H22N2O/c1-15(2,18)7-9-17-8-6-13-5-4-12(11-16-3)10-14(13)17/h4-6,8,10,16,18H,7,9,11H2,1-3H3. The minimum atomic E-state index is -0.612. The second-order valence-corrected chi connectivity index (χ2v) is 5.50. The van der Waals surface area contributed by atoms with Gasteiger partial charge >= 0.3 is 0 Å². The van der Waals surface area contributed by atoms with Gasteiger partial charge in [0.2, 0.25) is 0 Å². The van der Waals surface area contributed by atoms with E-state index in [-0.39, 0.29) is 0 Å². The van der Waals surface area contributed by atoms with Gasteiger partial charge in [0.05, 0.1) is 5.60 Å². The lowest BCUT2D eigenvalue weighted by atomic mass is 10.1. The number of rotatable bonds is 5. The lowest BCUT2D eigenvalue weighted by molar-refractivity contribution is 0.0666. The number of nitrogens with one attached hydrogen (secondary N) is 1. The van der Waals surface area contributed by atoms with Crippen LogP contribution in [0.15, 0.2) is 30.5 Å². The molecule has 3 heteroatoms. The molecular weight excluding hydrogens is 224 g/mol. The minimum absolute atomic E-state index is 0.612. The van der Waals surface area contributed by atoms with Crippen LogP contribution < -0.4 is 5.32 Å². The van der Waals surface area contributed by atoms with Gasteiger partial charge in [0.25, 0.3) is 0 Å². The molecule has 2 aromatic rings. The molecule has 2 rings (SSSR count). The number of aryl methyl sites for hydroxylation is 1. The Morgan fingerprint density at radius 1 is 1.28 bits per heavy atom. The molecule has 0 amide bonds. The Bertz CT molecular complexity index is 523. The average Bonchev–Trinajstić information content (AvgIpc) is 2.68. The van der Waals surface area contributed by atoms with Crippen LogP contribution in [0.5, 0.6) is 0 Å². The van der Waals surface area contributed by atoms with Crippen LogP contribution in [0.3, 0.4) is 0 Å². The number of fused-ring (bicyclic) bond motifs is 1. The number of hydrogen-bond donors (Lipinski definition) is 2. The van der Waals surface area contributed by atoms with Crippen LogP contribution in [0.4, 0.5) is 0 Å². The Labute approximate surface area is 108 Å². The average molecular weight is 246 g/mol. The summed E-state index contributed by atoms with van der Waals surface area (Å²) in [5, 5.41) is 14.2. The van der Waals surface area contributed by atoms with Crippen LogP contribution in [-0.2, 0) is 13.1 Å². The van der Waals surface area contributed by atoms with Gasteiger partial charge in [-0.3, -0.25) is 0 Å². The summed E-state index contributed by atoms with van der Waals surface area (Å²) in [6.45, 7) is 5.43. The highest BCUT2D eigenvalue weighted by Crippen LogP contribution is 2.19. The first kappa shape index (κ1) is 13.1. The van der Waals surface area contributed by atoms with Crippen LogP contribution in [-0.4, -0.2) is 22.3 Å². The number of benzene rings is 1. The van der Waals surface area contributed by atoms with Gasteiger partial charge in [0.1, 0.15) is 0 Å². The maximum atomic E-state index is 9.80. The second-order valence-electron chi connectivity index (χ2n) is 5.50. The molecule has 0 fully saturated rings. The maximum absolute atomic E-state index is 9.80. The van der Waals surface area contributed by atoms with E-state index in [1.807, 2.05) is 20.9 Å². The smallest absolute Gasteiger partial charge is 0.0608 e. The van der Waals surface area contributed by atoms with Gasteiger partial charge in [0.15, 0.2) is 0 Å². The third-order valence-electron chi connectivity index (χ3n) is 3.18. The highest BCUT2D eigenvalue weighted by atomic mass is 16.3. The number of aromatic nitrogens is 1. The highest BCUT2D eigenvalue weighted by Gasteiger charge is 2.12. The van der Waals surface area contributed by atoms with E-state index in [0.29, 0.717) is 0 Å². The largest absolute Gasteiger partial charge is 0.390 e. The van der Waals surface area contributed by atoms with Crippen molar-refractivity contribution in [2.45, 2.75) is 39.0 Å². The fourth-order valence-corrected chi connectivity index (χ4v) is 2.13. The molecule has 1 heterocycles. The summed E-state index contributed by atoms with van der Waals surface area (Å²) in [5.41, 5.74) is 1.92. The summed E-state index contributed by atoms with van der Waals surface area (Å²) in [6, 6.07) is 8.65. The molecule has 3 nitrogen and oxygen atoms in total. The number of aliphatic hydroxyl groups is 1. The Kier molecular flexibility index (Phi) is 3.73. The van der Waals surface area contributed by atoms with Crippen molar-refractivity contribution in [2.75, 3.05) is 7.05 Å². The van der Waals surface area contributed by atoms with E-state index in [9.17, 15) is 5.11 Å². The van der Waals surface area contributed by atoms with Crippen LogP contribution in [0.1, 0.15) is 25.8 Å². The van der Waals surface area contributed by atoms with E-state index in [1.165, 1.54) is 16.5 Å². The van der Waals surface area contributed by atoms with Crippen molar-refractivity contribution in [3.63, 3.8) is 0 Å². The molecule has 0 aliphatic rings. The Morgan fingerprint density at radius 2 is 2.06 bits per heavy atom. The summed E-state index contributed by atoms with van der Waals surface area (Å²) in [5.74, 6) is 0. The first-order chi connectivity index (χ1) is 8.49. The monoisotopic (exact) mass is 246 g/mol. The lowest BCUT2D eigenvalue weighted by Crippen LogP contribution is -2.20. The summed E-state index contributed by atoms with van der Waals surface area (Å²) in [6.07, 6.45) is 2.85. The number of hydrogen-bond acceptors (Lipinski definition) is 2. The van der Waals surface area contributed by atoms with Gasteiger partial charge in [-0.2, -0.15) is 0 Å². The minimum Gasteiger partial charge on any atom is -0.390 e. The van der Waals surface area contributed by atoms with Gasteiger partial charge in [-0.05, 0) is 50.4 Å². The van der Waals surface area contributed by atoms with Crippen molar-refractivity contribution in [3.8, 4) is 0 Å².